The summed E-state index contributed by atoms with van der Waals surface area (Å²) < 4.78 is 61.8. The molecule has 128 valence electrons. The monoisotopic (exact) mass is 356 g/mol. The van der Waals surface area contributed by atoms with Crippen LogP contribution < -0.4 is 4.83 Å². The van der Waals surface area contributed by atoms with Gasteiger partial charge >= 0.3 is 6.18 Å². The second-order valence-corrected chi connectivity index (χ2v) is 6.84. The van der Waals surface area contributed by atoms with E-state index in [1.807, 2.05) is 6.92 Å². The van der Waals surface area contributed by atoms with Crippen LogP contribution in [0.2, 0.25) is 0 Å². The molecule has 0 fully saturated rings. The zero-order valence-corrected chi connectivity index (χ0v) is 13.7. The summed E-state index contributed by atoms with van der Waals surface area (Å²) in [6.07, 6.45) is -4.42. The van der Waals surface area contributed by atoms with Crippen LogP contribution in [0, 0.1) is 6.92 Å². The summed E-state index contributed by atoms with van der Waals surface area (Å²) in [6.45, 7) is 3.33. The molecule has 0 radical (unpaired) electrons. The van der Waals surface area contributed by atoms with Gasteiger partial charge < -0.3 is 0 Å². The number of halogens is 3. The topological polar surface area (TPSA) is 58.5 Å². The molecule has 0 spiro atoms. The second-order valence-electron chi connectivity index (χ2n) is 5.18. The average molecular weight is 356 g/mol. The molecule has 0 aromatic heterocycles. The number of aryl methyl sites for hydroxylation is 1. The van der Waals surface area contributed by atoms with Gasteiger partial charge in [0.2, 0.25) is 0 Å². The van der Waals surface area contributed by atoms with Crippen molar-refractivity contribution in [2.24, 2.45) is 5.10 Å². The maximum Gasteiger partial charge on any atom is 0.416 e. The van der Waals surface area contributed by atoms with Crippen molar-refractivity contribution in [2.45, 2.75) is 24.9 Å². The van der Waals surface area contributed by atoms with Gasteiger partial charge in [-0.25, -0.2) is 0 Å². The fourth-order valence-electron chi connectivity index (χ4n) is 1.86. The summed E-state index contributed by atoms with van der Waals surface area (Å²) in [5.74, 6) is 0. The molecule has 0 saturated carbocycles. The van der Waals surface area contributed by atoms with E-state index in [-0.39, 0.29) is 10.6 Å². The Balaban J connectivity index is 2.17. The van der Waals surface area contributed by atoms with Gasteiger partial charge in [-0.3, -0.25) is 0 Å². The molecule has 0 aliphatic rings. The molecule has 8 heteroatoms. The van der Waals surface area contributed by atoms with Gasteiger partial charge in [0.15, 0.2) is 0 Å². The van der Waals surface area contributed by atoms with Crippen LogP contribution in [0.4, 0.5) is 13.2 Å². The van der Waals surface area contributed by atoms with Crippen molar-refractivity contribution in [2.75, 3.05) is 0 Å². The number of nitrogens with one attached hydrogen (secondary N) is 1. The molecule has 2 aromatic rings. The Hall–Kier alpha value is -2.35. The lowest BCUT2D eigenvalue weighted by atomic mass is 10.1. The third-order valence-corrected chi connectivity index (χ3v) is 4.52. The number of alkyl halides is 3. The smallest absolute Gasteiger partial charge is 0.200 e. The third kappa shape index (κ3) is 4.35. The highest BCUT2D eigenvalue weighted by Gasteiger charge is 2.30. The molecule has 4 nitrogen and oxygen atoms in total. The zero-order valence-electron chi connectivity index (χ0n) is 12.9. The van der Waals surface area contributed by atoms with Crippen LogP contribution in [0.5, 0.6) is 0 Å². The van der Waals surface area contributed by atoms with Crippen molar-refractivity contribution in [3.63, 3.8) is 0 Å². The van der Waals surface area contributed by atoms with Gasteiger partial charge in [0.25, 0.3) is 10.0 Å². The lowest BCUT2D eigenvalue weighted by Crippen LogP contribution is -2.20. The highest BCUT2D eigenvalue weighted by molar-refractivity contribution is 7.89. The molecule has 0 heterocycles. The number of hydrazone groups is 1. The van der Waals surface area contributed by atoms with E-state index < -0.39 is 21.8 Å². The molecule has 2 aromatic carbocycles. The Bertz CT molecular complexity index is 840. The number of sulfonamides is 1. The van der Waals surface area contributed by atoms with E-state index in [9.17, 15) is 21.6 Å². The number of hydrogen-bond donors (Lipinski definition) is 1. The summed E-state index contributed by atoms with van der Waals surface area (Å²) >= 11 is 0. The van der Waals surface area contributed by atoms with Crippen molar-refractivity contribution in [1.29, 1.82) is 0 Å². The Morgan fingerprint density at radius 3 is 2.04 bits per heavy atom. The van der Waals surface area contributed by atoms with E-state index in [0.717, 1.165) is 17.7 Å². The van der Waals surface area contributed by atoms with Gasteiger partial charge in [-0.15, -0.1) is 0 Å². The molecular formula is C16H15F3N2O2S. The van der Waals surface area contributed by atoms with E-state index in [4.69, 9.17) is 0 Å². The number of hydrogen-bond acceptors (Lipinski definition) is 3. The molecule has 0 atom stereocenters. The Labute approximate surface area is 138 Å². The van der Waals surface area contributed by atoms with E-state index >= 15 is 0 Å². The largest absolute Gasteiger partial charge is 0.416 e. The van der Waals surface area contributed by atoms with Crippen LogP contribution >= 0.6 is 0 Å². The molecule has 0 aliphatic heterocycles. The molecule has 24 heavy (non-hydrogen) atoms. The summed E-state index contributed by atoms with van der Waals surface area (Å²) in [5, 5.41) is 3.75. The fourth-order valence-corrected chi connectivity index (χ4v) is 2.72. The first-order valence-electron chi connectivity index (χ1n) is 6.90. The van der Waals surface area contributed by atoms with Gasteiger partial charge in [-0.1, -0.05) is 29.8 Å². The molecule has 0 amide bonds. The van der Waals surface area contributed by atoms with Crippen LogP contribution in [-0.2, 0) is 16.2 Å². The second kappa shape index (κ2) is 6.64. The SMILES string of the molecule is C/C(=N\NS(=O)(=O)c1ccc(C)cc1)c1ccc(C(F)(F)F)cc1. The third-order valence-electron chi connectivity index (χ3n) is 3.29. The number of rotatable bonds is 4. The number of benzene rings is 2. The minimum atomic E-state index is -4.42. The maximum absolute atomic E-state index is 12.5. The molecule has 1 N–H and O–H groups in total. The molecule has 0 bridgehead atoms. The van der Waals surface area contributed by atoms with Crippen molar-refractivity contribution >= 4 is 15.7 Å². The average Bonchev–Trinajstić information content (AvgIpc) is 2.52. The van der Waals surface area contributed by atoms with E-state index in [1.54, 1.807) is 12.1 Å². The fraction of sp³-hybridized carbons (Fsp3) is 0.188. The van der Waals surface area contributed by atoms with Crippen molar-refractivity contribution in [3.05, 3.63) is 65.2 Å². The lowest BCUT2D eigenvalue weighted by Gasteiger charge is -2.08. The first-order valence-corrected chi connectivity index (χ1v) is 8.38. The van der Waals surface area contributed by atoms with Gasteiger partial charge in [0.1, 0.15) is 0 Å². The maximum atomic E-state index is 12.5. The van der Waals surface area contributed by atoms with Gasteiger partial charge in [0, 0.05) is 0 Å². The predicted molar refractivity (Wildman–Crippen MR) is 85.2 cm³/mol. The Morgan fingerprint density at radius 2 is 1.54 bits per heavy atom. The molecule has 0 unspecified atom stereocenters. The van der Waals surface area contributed by atoms with Crippen LogP contribution in [0.3, 0.4) is 0 Å². The minimum Gasteiger partial charge on any atom is -0.200 e. The first kappa shape index (κ1) is 18.0. The van der Waals surface area contributed by atoms with Crippen molar-refractivity contribution < 1.29 is 21.6 Å². The molecular weight excluding hydrogens is 341 g/mol. The first-order chi connectivity index (χ1) is 11.1. The Kier molecular flexibility index (Phi) is 4.98. The van der Waals surface area contributed by atoms with Gasteiger partial charge in [-0.2, -0.15) is 31.5 Å². The van der Waals surface area contributed by atoms with E-state index in [0.29, 0.717) is 5.56 Å². The normalized spacial score (nSPS) is 13.0. The Morgan fingerprint density at radius 1 is 1.00 bits per heavy atom. The van der Waals surface area contributed by atoms with Gasteiger partial charge in [0.05, 0.1) is 16.2 Å². The van der Waals surface area contributed by atoms with Crippen molar-refractivity contribution in [1.82, 2.24) is 4.83 Å². The highest BCUT2D eigenvalue weighted by atomic mass is 32.2. The standard InChI is InChI=1S/C16H15F3N2O2S/c1-11-3-9-15(10-4-11)24(22,23)21-20-12(2)13-5-7-14(8-6-13)16(17,18)19/h3-10,21H,1-2H3/b20-12+. The summed E-state index contributed by atoms with van der Waals surface area (Å²) in [6, 6.07) is 10.5. The van der Waals surface area contributed by atoms with Crippen molar-refractivity contribution in [3.8, 4) is 0 Å². The van der Waals surface area contributed by atoms with Crippen LogP contribution in [0.15, 0.2) is 58.5 Å². The van der Waals surface area contributed by atoms with Crippen LogP contribution in [0.25, 0.3) is 0 Å². The van der Waals surface area contributed by atoms with Crippen LogP contribution in [-0.4, -0.2) is 14.1 Å². The molecule has 0 saturated heterocycles. The molecule has 0 aliphatic carbocycles. The minimum absolute atomic E-state index is 0.0528. The summed E-state index contributed by atoms with van der Waals surface area (Å²) in [7, 11) is -3.83. The predicted octanol–water partition coefficient (Wildman–Crippen LogP) is 3.72. The molecule has 2 rings (SSSR count). The summed E-state index contributed by atoms with van der Waals surface area (Å²) in [4.78, 5) is 2.13. The quantitative estimate of drug-likeness (QED) is 0.671. The highest BCUT2D eigenvalue weighted by Crippen LogP contribution is 2.29. The van der Waals surface area contributed by atoms with Crippen LogP contribution in [0.1, 0.15) is 23.6 Å². The van der Waals surface area contributed by atoms with E-state index in [1.165, 1.54) is 31.2 Å². The lowest BCUT2D eigenvalue weighted by molar-refractivity contribution is -0.137. The number of nitrogens with zero attached hydrogens (tertiary/aromatic N) is 1. The van der Waals surface area contributed by atoms with Gasteiger partial charge in [-0.05, 0) is 43.7 Å². The summed E-state index contributed by atoms with van der Waals surface area (Å²) in [5.41, 5.74) is 0.770. The zero-order chi connectivity index (χ0) is 18.0. The van der Waals surface area contributed by atoms with E-state index in [2.05, 4.69) is 9.93 Å².